The third kappa shape index (κ3) is 6.05. The molecule has 1 aliphatic rings. The summed E-state index contributed by atoms with van der Waals surface area (Å²) < 4.78 is 0. The van der Waals surface area contributed by atoms with Crippen molar-refractivity contribution >= 4 is 28.9 Å². The molecule has 1 aromatic carbocycles. The first-order valence-electron chi connectivity index (χ1n) is 6.47. The van der Waals surface area contributed by atoms with Gasteiger partial charge in [-0.05, 0) is 25.3 Å². The molecule has 2 rings (SSSR count). The van der Waals surface area contributed by atoms with Crippen LogP contribution in [-0.4, -0.2) is 22.3 Å². The topological polar surface area (TPSA) is 75.7 Å². The van der Waals surface area contributed by atoms with E-state index < -0.39 is 25.8 Å². The number of hydrogen-bond acceptors (Lipinski definition) is 4. The molecule has 0 bridgehead atoms. The Bertz CT molecular complexity index is 520. The SMILES string of the molecule is Cc1cc([N+](=O)[O-])cc(C=NC2CCCC2)c1O.[Cl][Zr][Cl]. The molecule has 114 valence electrons. The fourth-order valence-electron chi connectivity index (χ4n) is 2.23. The van der Waals surface area contributed by atoms with Gasteiger partial charge in [-0.2, -0.15) is 0 Å². The number of halogens is 2. The predicted octanol–water partition coefficient (Wildman–Crippen LogP) is 4.35. The van der Waals surface area contributed by atoms with Crippen molar-refractivity contribution in [2.75, 3.05) is 0 Å². The maximum absolute atomic E-state index is 10.8. The Labute approximate surface area is 142 Å². The Morgan fingerprint density at radius 1 is 1.43 bits per heavy atom. The molecule has 0 amide bonds. The minimum absolute atomic E-state index is 0.0156. The van der Waals surface area contributed by atoms with Crippen molar-refractivity contribution in [2.45, 2.75) is 38.6 Å². The van der Waals surface area contributed by atoms with Gasteiger partial charge in [0.15, 0.2) is 0 Å². The van der Waals surface area contributed by atoms with E-state index in [1.165, 1.54) is 25.0 Å². The van der Waals surface area contributed by atoms with Crippen LogP contribution < -0.4 is 0 Å². The van der Waals surface area contributed by atoms with Gasteiger partial charge in [0.25, 0.3) is 5.69 Å². The number of non-ortho nitro benzene ring substituents is 1. The first-order valence-corrected chi connectivity index (χ1v) is 12.8. The molecule has 0 spiro atoms. The van der Waals surface area contributed by atoms with Crippen molar-refractivity contribution in [1.29, 1.82) is 0 Å². The van der Waals surface area contributed by atoms with Crippen LogP contribution in [0.15, 0.2) is 17.1 Å². The van der Waals surface area contributed by atoms with Crippen molar-refractivity contribution in [3.05, 3.63) is 33.4 Å². The molecule has 1 saturated carbocycles. The Morgan fingerprint density at radius 2 is 2.00 bits per heavy atom. The van der Waals surface area contributed by atoms with Crippen molar-refractivity contribution < 1.29 is 30.9 Å². The van der Waals surface area contributed by atoms with Crippen LogP contribution in [0.1, 0.15) is 36.8 Å². The van der Waals surface area contributed by atoms with Gasteiger partial charge in [0.2, 0.25) is 0 Å². The molecule has 0 aromatic heterocycles. The van der Waals surface area contributed by atoms with Crippen LogP contribution in [0.25, 0.3) is 0 Å². The van der Waals surface area contributed by atoms with Crippen LogP contribution in [-0.2, 0) is 20.8 Å². The monoisotopic (exact) mass is 408 g/mol. The molecule has 5 nitrogen and oxygen atoms in total. The van der Waals surface area contributed by atoms with E-state index >= 15 is 0 Å². The van der Waals surface area contributed by atoms with E-state index in [9.17, 15) is 15.2 Å². The summed E-state index contributed by atoms with van der Waals surface area (Å²) >= 11 is -0.826. The molecule has 0 unspecified atom stereocenters. The minimum atomic E-state index is -0.826. The average molecular weight is 410 g/mol. The van der Waals surface area contributed by atoms with E-state index in [0.717, 1.165) is 12.8 Å². The number of aryl methyl sites for hydroxylation is 1. The molecule has 0 radical (unpaired) electrons. The predicted molar refractivity (Wildman–Crippen MR) is 81.1 cm³/mol. The molecule has 0 saturated heterocycles. The van der Waals surface area contributed by atoms with Crippen molar-refractivity contribution in [1.82, 2.24) is 0 Å². The number of phenolic OH excluding ortho intramolecular Hbond substituents is 1. The molecule has 21 heavy (non-hydrogen) atoms. The fraction of sp³-hybridized carbons (Fsp3) is 0.462. The Morgan fingerprint density at radius 3 is 2.52 bits per heavy atom. The van der Waals surface area contributed by atoms with Crippen LogP contribution in [0.2, 0.25) is 0 Å². The van der Waals surface area contributed by atoms with Crippen molar-refractivity contribution in [3.63, 3.8) is 0 Å². The maximum atomic E-state index is 10.8. The summed E-state index contributed by atoms with van der Waals surface area (Å²) in [4.78, 5) is 14.7. The Hall–Kier alpha value is -0.447. The molecular formula is C13H16Cl2N2O3Zr. The summed E-state index contributed by atoms with van der Waals surface area (Å²) in [6, 6.07) is 3.02. The quantitative estimate of drug-likeness (QED) is 0.457. The van der Waals surface area contributed by atoms with Gasteiger partial charge in [-0.1, -0.05) is 12.8 Å². The molecule has 1 aromatic rings. The second kappa shape index (κ2) is 9.55. The number of aromatic hydroxyl groups is 1. The van der Waals surface area contributed by atoms with Gasteiger partial charge in [0.05, 0.1) is 4.92 Å². The summed E-state index contributed by atoms with van der Waals surface area (Å²) in [5.74, 6) is 0.0716. The van der Waals surface area contributed by atoms with Crippen LogP contribution in [0.3, 0.4) is 0 Å². The average Bonchev–Trinajstić information content (AvgIpc) is 2.94. The summed E-state index contributed by atoms with van der Waals surface area (Å²) in [5, 5.41) is 20.6. The van der Waals surface area contributed by atoms with Crippen molar-refractivity contribution in [2.24, 2.45) is 4.99 Å². The second-order valence-corrected chi connectivity index (χ2v) is 8.48. The van der Waals surface area contributed by atoms with E-state index in [0.29, 0.717) is 17.2 Å². The molecule has 8 heteroatoms. The van der Waals surface area contributed by atoms with E-state index in [-0.39, 0.29) is 11.4 Å². The number of aliphatic imine (C=N–C) groups is 1. The third-order valence-electron chi connectivity index (χ3n) is 3.27. The van der Waals surface area contributed by atoms with E-state index in [1.54, 1.807) is 13.1 Å². The number of benzene rings is 1. The second-order valence-electron chi connectivity index (χ2n) is 4.75. The zero-order chi connectivity index (χ0) is 15.8. The van der Waals surface area contributed by atoms with E-state index in [2.05, 4.69) is 4.99 Å². The molecule has 0 heterocycles. The van der Waals surface area contributed by atoms with Gasteiger partial charge in [-0.15, -0.1) is 0 Å². The number of nitrogens with zero attached hydrogens (tertiary/aromatic N) is 2. The van der Waals surface area contributed by atoms with Crippen LogP contribution >= 0.6 is 17.0 Å². The fourth-order valence-corrected chi connectivity index (χ4v) is 2.23. The van der Waals surface area contributed by atoms with Crippen LogP contribution in [0.4, 0.5) is 5.69 Å². The summed E-state index contributed by atoms with van der Waals surface area (Å²) in [7, 11) is 9.87. The number of nitro groups is 1. The van der Waals surface area contributed by atoms with E-state index in [4.69, 9.17) is 17.0 Å². The van der Waals surface area contributed by atoms with Gasteiger partial charge in [0, 0.05) is 30.0 Å². The number of phenols is 1. The molecule has 0 aliphatic heterocycles. The van der Waals surface area contributed by atoms with Crippen LogP contribution in [0, 0.1) is 17.0 Å². The standard InChI is InChI=1S/C13H16N2O3.2ClH.Zr/c1-9-6-12(15(17)18)7-10(13(9)16)8-14-11-4-2-3-5-11;;;/h6-8,11,16H,2-5H2,1H3;2*1H;/q;;;+2/p-2. The number of nitro benzene ring substituents is 1. The number of rotatable bonds is 3. The molecule has 1 fully saturated rings. The molecule has 0 atom stereocenters. The van der Waals surface area contributed by atoms with E-state index in [1.807, 2.05) is 0 Å². The summed E-state index contributed by atoms with van der Waals surface area (Å²) in [5.41, 5.74) is 0.906. The third-order valence-corrected chi connectivity index (χ3v) is 3.27. The zero-order valence-corrected chi connectivity index (χ0v) is 15.5. The normalized spacial score (nSPS) is 14.8. The van der Waals surface area contributed by atoms with Crippen LogP contribution in [0.5, 0.6) is 5.75 Å². The molecular weight excluding hydrogens is 394 g/mol. The molecule has 1 N–H and O–H groups in total. The van der Waals surface area contributed by atoms with Gasteiger partial charge < -0.3 is 5.11 Å². The Balaban J connectivity index is 0.000000677. The van der Waals surface area contributed by atoms with Gasteiger partial charge in [-0.3, -0.25) is 15.1 Å². The zero-order valence-electron chi connectivity index (χ0n) is 11.6. The first kappa shape index (κ1) is 18.6. The Kier molecular flexibility index (Phi) is 8.46. The van der Waals surface area contributed by atoms with Crippen molar-refractivity contribution in [3.8, 4) is 5.75 Å². The van der Waals surface area contributed by atoms with Gasteiger partial charge in [-0.25, -0.2) is 0 Å². The molecule has 1 aliphatic carbocycles. The first-order chi connectivity index (χ1) is 9.99. The summed E-state index contributed by atoms with van der Waals surface area (Å²) in [6.45, 7) is 1.65. The van der Waals surface area contributed by atoms with Gasteiger partial charge in [0.1, 0.15) is 5.75 Å². The van der Waals surface area contributed by atoms with Gasteiger partial charge >= 0.3 is 37.9 Å². The number of hydrogen-bond donors (Lipinski definition) is 1. The summed E-state index contributed by atoms with van der Waals surface area (Å²) in [6.07, 6.45) is 6.05.